The van der Waals surface area contributed by atoms with Gasteiger partial charge >= 0.3 is 0 Å². The van der Waals surface area contributed by atoms with Crippen LogP contribution in [0, 0.1) is 0 Å². The molecule has 1 fully saturated rings. The van der Waals surface area contributed by atoms with Crippen LogP contribution >= 0.6 is 15.9 Å². The molecule has 0 aliphatic carbocycles. The summed E-state index contributed by atoms with van der Waals surface area (Å²) in [4.78, 5) is 13.7. The molecule has 0 unspecified atom stereocenters. The lowest BCUT2D eigenvalue weighted by molar-refractivity contribution is 0.0678. The lowest BCUT2D eigenvalue weighted by Crippen LogP contribution is -2.46. The normalized spacial score (nSPS) is 17.7. The van der Waals surface area contributed by atoms with E-state index in [1.165, 1.54) is 0 Å². The van der Waals surface area contributed by atoms with E-state index in [9.17, 15) is 13.2 Å². The highest BCUT2D eigenvalue weighted by molar-refractivity contribution is 9.10. The Hall–Kier alpha value is -0.860. The lowest BCUT2D eigenvalue weighted by atomic mass is 10.1. The third-order valence-electron chi connectivity index (χ3n) is 2.95. The van der Waals surface area contributed by atoms with Crippen LogP contribution in [0.1, 0.15) is 23.4 Å². The fourth-order valence-corrected chi connectivity index (χ4v) is 3.24. The molecule has 0 radical (unpaired) electrons. The topological polar surface area (TPSA) is 79.6 Å². The minimum absolute atomic E-state index is 0.0950. The van der Waals surface area contributed by atoms with Crippen molar-refractivity contribution in [3.05, 3.63) is 22.6 Å². The summed E-state index contributed by atoms with van der Waals surface area (Å²) in [7, 11) is -3.19. The first-order valence-electron chi connectivity index (χ1n) is 5.87. The van der Waals surface area contributed by atoms with E-state index < -0.39 is 10.0 Å². The van der Waals surface area contributed by atoms with Crippen molar-refractivity contribution in [2.24, 2.45) is 0 Å². The summed E-state index contributed by atoms with van der Waals surface area (Å²) in [6.07, 6.45) is 2.37. The maximum Gasteiger partial charge on any atom is 0.289 e. The molecular weight excluding hydrogens is 336 g/mol. The number of sulfonamides is 1. The molecule has 0 spiro atoms. The molecular formula is C11H15BrN2O4S. The van der Waals surface area contributed by atoms with Crippen molar-refractivity contribution in [2.75, 3.05) is 19.3 Å². The van der Waals surface area contributed by atoms with Crippen molar-refractivity contribution in [1.82, 2.24) is 9.62 Å². The van der Waals surface area contributed by atoms with Gasteiger partial charge in [0.05, 0.1) is 6.26 Å². The van der Waals surface area contributed by atoms with Gasteiger partial charge in [0.1, 0.15) is 0 Å². The number of piperidine rings is 1. The van der Waals surface area contributed by atoms with Crippen LogP contribution < -0.4 is 4.72 Å². The fourth-order valence-electron chi connectivity index (χ4n) is 2.09. The largest absolute Gasteiger partial charge is 0.444 e. The Kier molecular flexibility index (Phi) is 4.32. The molecule has 0 atom stereocenters. The number of amides is 1. The van der Waals surface area contributed by atoms with Gasteiger partial charge in [-0.2, -0.15) is 0 Å². The van der Waals surface area contributed by atoms with E-state index >= 15 is 0 Å². The zero-order chi connectivity index (χ0) is 14.0. The molecule has 8 heteroatoms. The first kappa shape index (κ1) is 14.5. The first-order valence-corrected chi connectivity index (χ1v) is 8.55. The maximum atomic E-state index is 12.1. The van der Waals surface area contributed by atoms with Gasteiger partial charge in [-0.25, -0.2) is 13.1 Å². The summed E-state index contributed by atoms with van der Waals surface area (Å²) in [6, 6.07) is 3.20. The monoisotopic (exact) mass is 350 g/mol. The van der Waals surface area contributed by atoms with Gasteiger partial charge in [-0.3, -0.25) is 4.79 Å². The highest BCUT2D eigenvalue weighted by Crippen LogP contribution is 2.18. The molecule has 19 heavy (non-hydrogen) atoms. The van der Waals surface area contributed by atoms with Crippen molar-refractivity contribution >= 4 is 31.9 Å². The molecule has 1 saturated heterocycles. The number of nitrogens with zero attached hydrogens (tertiary/aromatic N) is 1. The van der Waals surface area contributed by atoms with Crippen molar-refractivity contribution in [1.29, 1.82) is 0 Å². The van der Waals surface area contributed by atoms with Crippen LogP contribution in [0.3, 0.4) is 0 Å². The average molecular weight is 351 g/mol. The SMILES string of the molecule is CS(=O)(=O)NC1CCN(C(=O)c2ccc(Br)o2)CC1. The molecule has 2 heterocycles. The molecule has 2 rings (SSSR count). The van der Waals surface area contributed by atoms with Gasteiger partial charge in [-0.05, 0) is 40.9 Å². The Labute approximate surface area is 120 Å². The Morgan fingerprint density at radius 2 is 2.05 bits per heavy atom. The summed E-state index contributed by atoms with van der Waals surface area (Å²) in [6.45, 7) is 1.04. The molecule has 6 nitrogen and oxygen atoms in total. The van der Waals surface area contributed by atoms with Crippen LogP contribution in [0.15, 0.2) is 21.2 Å². The number of carbonyl (C=O) groups is 1. The van der Waals surface area contributed by atoms with Gasteiger partial charge < -0.3 is 9.32 Å². The van der Waals surface area contributed by atoms with Crippen molar-refractivity contribution in [2.45, 2.75) is 18.9 Å². The predicted molar refractivity (Wildman–Crippen MR) is 73.3 cm³/mol. The van der Waals surface area contributed by atoms with Crippen LogP contribution in [-0.4, -0.2) is 44.6 Å². The summed E-state index contributed by atoms with van der Waals surface area (Å²) in [5.74, 6) is 0.130. The fraction of sp³-hybridized carbons (Fsp3) is 0.545. The minimum atomic E-state index is -3.19. The second kappa shape index (κ2) is 5.64. The molecule has 0 aromatic carbocycles. The van der Waals surface area contributed by atoms with Crippen LogP contribution in [0.5, 0.6) is 0 Å². The number of carbonyl (C=O) groups excluding carboxylic acids is 1. The standard InChI is InChI=1S/C11H15BrN2O4S/c1-19(16,17)13-8-4-6-14(7-5-8)11(15)9-2-3-10(12)18-9/h2-3,8,13H,4-7H2,1H3. The second-order valence-corrected chi connectivity index (χ2v) is 7.12. The number of rotatable bonds is 3. The third kappa shape index (κ3) is 4.05. The van der Waals surface area contributed by atoms with Crippen LogP contribution in [0.2, 0.25) is 0 Å². The second-order valence-electron chi connectivity index (χ2n) is 4.56. The van der Waals surface area contributed by atoms with E-state index in [2.05, 4.69) is 20.7 Å². The van der Waals surface area contributed by atoms with E-state index in [1.54, 1.807) is 17.0 Å². The Morgan fingerprint density at radius 3 is 2.53 bits per heavy atom. The molecule has 106 valence electrons. The summed E-state index contributed by atoms with van der Waals surface area (Å²) in [5, 5.41) is 0. The number of likely N-dealkylation sites (tertiary alicyclic amines) is 1. The van der Waals surface area contributed by atoms with Gasteiger partial charge in [0.25, 0.3) is 5.91 Å². The highest BCUT2D eigenvalue weighted by Gasteiger charge is 2.26. The van der Waals surface area contributed by atoms with Gasteiger partial charge in [-0.15, -0.1) is 0 Å². The Morgan fingerprint density at radius 1 is 1.42 bits per heavy atom. The van der Waals surface area contributed by atoms with Crippen molar-refractivity contribution in [3.8, 4) is 0 Å². The molecule has 1 amide bonds. The van der Waals surface area contributed by atoms with Crippen molar-refractivity contribution in [3.63, 3.8) is 0 Å². The van der Waals surface area contributed by atoms with E-state index in [1.807, 2.05) is 0 Å². The quantitative estimate of drug-likeness (QED) is 0.887. The van der Waals surface area contributed by atoms with Gasteiger partial charge in [0.15, 0.2) is 10.4 Å². The van der Waals surface area contributed by atoms with Crippen LogP contribution in [-0.2, 0) is 10.0 Å². The van der Waals surface area contributed by atoms with E-state index in [0.29, 0.717) is 36.4 Å². The summed E-state index contributed by atoms with van der Waals surface area (Å²) in [5.41, 5.74) is 0. The van der Waals surface area contributed by atoms with Gasteiger partial charge in [0, 0.05) is 19.1 Å². The number of nitrogens with one attached hydrogen (secondary N) is 1. The molecule has 0 bridgehead atoms. The molecule has 1 N–H and O–H groups in total. The van der Waals surface area contributed by atoms with Gasteiger partial charge in [0.2, 0.25) is 10.0 Å². The smallest absolute Gasteiger partial charge is 0.289 e. The number of hydrogen-bond acceptors (Lipinski definition) is 4. The summed E-state index contributed by atoms with van der Waals surface area (Å²) < 4.78 is 30.6. The Balaban J connectivity index is 1.91. The molecule has 1 aliphatic rings. The van der Waals surface area contributed by atoms with Crippen LogP contribution in [0.25, 0.3) is 0 Å². The third-order valence-corrected chi connectivity index (χ3v) is 4.13. The summed E-state index contributed by atoms with van der Waals surface area (Å²) >= 11 is 3.15. The lowest BCUT2D eigenvalue weighted by Gasteiger charge is -2.31. The van der Waals surface area contributed by atoms with E-state index in [-0.39, 0.29) is 11.9 Å². The van der Waals surface area contributed by atoms with E-state index in [0.717, 1.165) is 6.26 Å². The zero-order valence-electron chi connectivity index (χ0n) is 10.4. The molecule has 1 aromatic heterocycles. The van der Waals surface area contributed by atoms with Crippen molar-refractivity contribution < 1.29 is 17.6 Å². The maximum absolute atomic E-state index is 12.1. The molecule has 1 aromatic rings. The molecule has 0 saturated carbocycles. The van der Waals surface area contributed by atoms with Gasteiger partial charge in [-0.1, -0.05) is 0 Å². The zero-order valence-corrected chi connectivity index (χ0v) is 12.8. The number of furan rings is 1. The minimum Gasteiger partial charge on any atom is -0.444 e. The average Bonchev–Trinajstić information content (AvgIpc) is 2.74. The Bertz CT molecular complexity index is 561. The first-order chi connectivity index (χ1) is 8.85. The molecule has 1 aliphatic heterocycles. The van der Waals surface area contributed by atoms with E-state index in [4.69, 9.17) is 4.42 Å². The van der Waals surface area contributed by atoms with Crippen LogP contribution in [0.4, 0.5) is 0 Å². The number of halogens is 1. The highest BCUT2D eigenvalue weighted by atomic mass is 79.9. The number of hydrogen-bond donors (Lipinski definition) is 1. The predicted octanol–water partition coefficient (Wildman–Crippen LogP) is 1.20.